The maximum Gasteiger partial charge on any atom is 0.339 e. The van der Waals surface area contributed by atoms with Crippen molar-refractivity contribution < 1.29 is 19.4 Å². The van der Waals surface area contributed by atoms with Gasteiger partial charge in [-0.1, -0.05) is 6.07 Å². The third-order valence-corrected chi connectivity index (χ3v) is 4.30. The van der Waals surface area contributed by atoms with Gasteiger partial charge in [-0.2, -0.15) is 0 Å². The van der Waals surface area contributed by atoms with Gasteiger partial charge < -0.3 is 15.2 Å². The van der Waals surface area contributed by atoms with Crippen molar-refractivity contribution in [1.82, 2.24) is 0 Å². The van der Waals surface area contributed by atoms with E-state index in [1.807, 2.05) is 18.2 Å². The molecule has 24 heavy (non-hydrogen) atoms. The van der Waals surface area contributed by atoms with E-state index >= 15 is 0 Å². The van der Waals surface area contributed by atoms with Crippen LogP contribution in [0.5, 0.6) is 5.75 Å². The molecular weight excluding hydrogens is 306 g/mol. The lowest BCUT2D eigenvalue weighted by atomic mass is 9.90. The minimum atomic E-state index is -1.07. The highest BCUT2D eigenvalue weighted by atomic mass is 16.5. The smallest absolute Gasteiger partial charge is 0.339 e. The Morgan fingerprint density at radius 1 is 1.04 bits per heavy atom. The summed E-state index contributed by atoms with van der Waals surface area (Å²) in [6.45, 7) is 0. The number of carboxylic acids is 1. The monoisotopic (exact) mass is 325 g/mol. The number of aromatic carboxylic acids is 1. The predicted molar refractivity (Wildman–Crippen MR) is 91.0 cm³/mol. The Morgan fingerprint density at radius 3 is 2.50 bits per heavy atom. The topological polar surface area (TPSA) is 75.6 Å². The van der Waals surface area contributed by atoms with Crippen LogP contribution in [-0.2, 0) is 12.8 Å². The van der Waals surface area contributed by atoms with E-state index in [2.05, 4.69) is 5.32 Å². The maximum absolute atomic E-state index is 12.5. The summed E-state index contributed by atoms with van der Waals surface area (Å²) in [5, 5.41) is 11.9. The predicted octanol–water partition coefficient (Wildman–Crippen LogP) is 3.52. The van der Waals surface area contributed by atoms with Crippen molar-refractivity contribution in [2.45, 2.75) is 25.7 Å². The zero-order valence-electron chi connectivity index (χ0n) is 13.5. The van der Waals surface area contributed by atoms with Gasteiger partial charge in [-0.25, -0.2) is 4.79 Å². The minimum Gasteiger partial charge on any atom is -0.496 e. The van der Waals surface area contributed by atoms with Crippen LogP contribution in [0, 0.1) is 0 Å². The molecule has 0 saturated carbocycles. The van der Waals surface area contributed by atoms with Crippen LogP contribution in [0.3, 0.4) is 0 Å². The van der Waals surface area contributed by atoms with E-state index in [0.29, 0.717) is 11.3 Å². The summed E-state index contributed by atoms with van der Waals surface area (Å²) in [7, 11) is 1.40. The largest absolute Gasteiger partial charge is 0.496 e. The average molecular weight is 325 g/mol. The van der Waals surface area contributed by atoms with E-state index in [0.717, 1.165) is 19.3 Å². The number of nitrogens with one attached hydrogen (secondary N) is 1. The van der Waals surface area contributed by atoms with Crippen LogP contribution in [0.25, 0.3) is 0 Å². The lowest BCUT2D eigenvalue weighted by Crippen LogP contribution is -2.14. The third-order valence-electron chi connectivity index (χ3n) is 4.30. The molecule has 0 aromatic heterocycles. The zero-order chi connectivity index (χ0) is 17.1. The van der Waals surface area contributed by atoms with Gasteiger partial charge >= 0.3 is 5.97 Å². The molecule has 0 fully saturated rings. The third kappa shape index (κ3) is 3.25. The molecule has 3 rings (SSSR count). The number of hydrogen-bond acceptors (Lipinski definition) is 3. The molecule has 0 heterocycles. The minimum absolute atomic E-state index is 0.0595. The van der Waals surface area contributed by atoms with E-state index in [4.69, 9.17) is 9.84 Å². The van der Waals surface area contributed by atoms with Gasteiger partial charge in [0.25, 0.3) is 5.91 Å². The molecule has 5 nitrogen and oxygen atoms in total. The first-order valence-electron chi connectivity index (χ1n) is 7.93. The highest BCUT2D eigenvalue weighted by Crippen LogP contribution is 2.25. The molecule has 124 valence electrons. The molecule has 0 unspecified atom stereocenters. The summed E-state index contributed by atoms with van der Waals surface area (Å²) in [6.07, 6.45) is 4.45. The molecule has 1 amide bonds. The number of carboxylic acid groups (broad SMARTS) is 1. The van der Waals surface area contributed by atoms with Crippen molar-refractivity contribution in [2.24, 2.45) is 0 Å². The van der Waals surface area contributed by atoms with Crippen molar-refractivity contribution in [3.8, 4) is 5.75 Å². The number of carbonyl (C=O) groups excluding carboxylic acids is 1. The SMILES string of the molecule is COc1cc(NC(=O)c2ccc3c(c2)CCCC3)ccc1C(=O)O. The van der Waals surface area contributed by atoms with Crippen molar-refractivity contribution >= 4 is 17.6 Å². The first-order chi connectivity index (χ1) is 11.6. The van der Waals surface area contributed by atoms with E-state index in [1.54, 1.807) is 6.07 Å². The average Bonchev–Trinajstić information content (AvgIpc) is 2.60. The molecule has 2 N–H and O–H groups in total. The number of methoxy groups -OCH3 is 1. The lowest BCUT2D eigenvalue weighted by Gasteiger charge is -2.16. The molecule has 0 spiro atoms. The molecule has 0 bridgehead atoms. The number of amides is 1. The first kappa shape index (κ1) is 16.1. The molecule has 1 aliphatic rings. The number of hydrogen-bond donors (Lipinski definition) is 2. The fourth-order valence-electron chi connectivity index (χ4n) is 3.02. The molecule has 5 heteroatoms. The molecular formula is C19H19NO4. The van der Waals surface area contributed by atoms with E-state index in [1.165, 1.54) is 36.8 Å². The van der Waals surface area contributed by atoms with E-state index in [9.17, 15) is 9.59 Å². The number of carbonyl (C=O) groups is 2. The van der Waals surface area contributed by atoms with E-state index in [-0.39, 0.29) is 17.2 Å². The Bertz CT molecular complexity index is 798. The van der Waals surface area contributed by atoms with Crippen molar-refractivity contribution in [3.05, 3.63) is 58.7 Å². The second kappa shape index (κ2) is 6.74. The number of anilines is 1. The van der Waals surface area contributed by atoms with Crippen molar-refractivity contribution in [1.29, 1.82) is 0 Å². The number of benzene rings is 2. The van der Waals surface area contributed by atoms with Gasteiger partial charge in [-0.15, -0.1) is 0 Å². The molecule has 0 saturated heterocycles. The standard InChI is InChI=1S/C19H19NO4/c1-24-17-11-15(8-9-16(17)19(22)23)20-18(21)14-7-6-12-4-2-3-5-13(12)10-14/h6-11H,2-5H2,1H3,(H,20,21)(H,22,23). The Kier molecular flexibility index (Phi) is 4.51. The van der Waals surface area contributed by atoms with Crippen LogP contribution >= 0.6 is 0 Å². The summed E-state index contributed by atoms with van der Waals surface area (Å²) < 4.78 is 5.08. The highest BCUT2D eigenvalue weighted by molar-refractivity contribution is 6.05. The fourth-order valence-corrected chi connectivity index (χ4v) is 3.02. The van der Waals surface area contributed by atoms with Gasteiger partial charge in [0.05, 0.1) is 7.11 Å². The second-order valence-electron chi connectivity index (χ2n) is 5.86. The molecule has 2 aromatic rings. The Hall–Kier alpha value is -2.82. The van der Waals surface area contributed by atoms with Gasteiger partial charge in [-0.05, 0) is 61.1 Å². The Balaban J connectivity index is 1.81. The number of fused-ring (bicyclic) bond motifs is 1. The summed E-state index contributed by atoms with van der Waals surface area (Å²) in [6, 6.07) is 10.3. The first-order valence-corrected chi connectivity index (χ1v) is 7.93. The summed E-state index contributed by atoms with van der Waals surface area (Å²) in [5.41, 5.74) is 3.73. The number of rotatable bonds is 4. The molecule has 2 aromatic carbocycles. The second-order valence-corrected chi connectivity index (χ2v) is 5.86. The van der Waals surface area contributed by atoms with E-state index < -0.39 is 5.97 Å². The van der Waals surface area contributed by atoms with Crippen LogP contribution in [-0.4, -0.2) is 24.1 Å². The number of aryl methyl sites for hydroxylation is 2. The fraction of sp³-hybridized carbons (Fsp3) is 0.263. The Labute approximate surface area is 140 Å². The van der Waals surface area contributed by atoms with Crippen LogP contribution in [0.15, 0.2) is 36.4 Å². The zero-order valence-corrected chi connectivity index (χ0v) is 13.5. The maximum atomic E-state index is 12.5. The molecule has 0 radical (unpaired) electrons. The van der Waals surface area contributed by atoms with Crippen LogP contribution < -0.4 is 10.1 Å². The molecule has 0 aliphatic heterocycles. The summed E-state index contributed by atoms with van der Waals surface area (Å²) in [5.74, 6) is -1.07. The van der Waals surface area contributed by atoms with Crippen molar-refractivity contribution in [3.63, 3.8) is 0 Å². The lowest BCUT2D eigenvalue weighted by molar-refractivity contribution is 0.0693. The number of ether oxygens (including phenoxy) is 1. The van der Waals surface area contributed by atoms with Gasteiger partial charge in [-0.3, -0.25) is 4.79 Å². The quantitative estimate of drug-likeness (QED) is 0.902. The van der Waals surface area contributed by atoms with Gasteiger partial charge in [0.1, 0.15) is 11.3 Å². The van der Waals surface area contributed by atoms with Gasteiger partial charge in [0.2, 0.25) is 0 Å². The van der Waals surface area contributed by atoms with Crippen LogP contribution in [0.2, 0.25) is 0 Å². The van der Waals surface area contributed by atoms with Gasteiger partial charge in [0.15, 0.2) is 0 Å². The highest BCUT2D eigenvalue weighted by Gasteiger charge is 2.15. The summed E-state index contributed by atoms with van der Waals surface area (Å²) >= 11 is 0. The normalized spacial score (nSPS) is 13.0. The van der Waals surface area contributed by atoms with Crippen molar-refractivity contribution in [2.75, 3.05) is 12.4 Å². The van der Waals surface area contributed by atoms with Crippen LogP contribution in [0.4, 0.5) is 5.69 Å². The Morgan fingerprint density at radius 2 is 1.79 bits per heavy atom. The molecule has 1 aliphatic carbocycles. The van der Waals surface area contributed by atoms with Gasteiger partial charge in [0, 0.05) is 17.3 Å². The molecule has 0 atom stereocenters. The van der Waals surface area contributed by atoms with Crippen LogP contribution in [0.1, 0.15) is 44.7 Å². The summed E-state index contributed by atoms with van der Waals surface area (Å²) in [4.78, 5) is 23.6.